The minimum absolute atomic E-state index is 0.0865. The van der Waals surface area contributed by atoms with Crippen LogP contribution < -0.4 is 9.64 Å². The van der Waals surface area contributed by atoms with E-state index >= 15 is 0 Å². The molecular weight excluding hydrogens is 412 g/mol. The summed E-state index contributed by atoms with van der Waals surface area (Å²) in [5.41, 5.74) is 6.41. The topological polar surface area (TPSA) is 71.3 Å². The van der Waals surface area contributed by atoms with Crippen molar-refractivity contribution >= 4 is 22.6 Å². The number of nitrogens with one attached hydrogen (secondary N) is 1. The molecule has 1 aromatic carbocycles. The number of rotatable bonds is 2. The maximum atomic E-state index is 6.45. The Kier molecular flexibility index (Phi) is 3.86. The molecule has 0 radical (unpaired) electrons. The highest BCUT2D eigenvalue weighted by atomic mass is 16.5. The van der Waals surface area contributed by atoms with Gasteiger partial charge in [-0.05, 0) is 35.7 Å². The molecule has 5 aromatic rings. The van der Waals surface area contributed by atoms with Crippen LogP contribution in [0.15, 0.2) is 61.3 Å². The molecule has 1 saturated heterocycles. The van der Waals surface area contributed by atoms with E-state index < -0.39 is 0 Å². The van der Waals surface area contributed by atoms with Crippen LogP contribution in [0.3, 0.4) is 0 Å². The number of nitrogens with zero attached hydrogens (tertiary/aromatic N) is 5. The van der Waals surface area contributed by atoms with Crippen molar-refractivity contribution < 1.29 is 4.74 Å². The summed E-state index contributed by atoms with van der Waals surface area (Å²) in [7, 11) is 0. The molecule has 4 aromatic heterocycles. The van der Waals surface area contributed by atoms with Gasteiger partial charge in [-0.1, -0.05) is 18.2 Å². The molecule has 1 fully saturated rings. The SMILES string of the molecule is Cc1cnccc1-c1c[nH]c2nc(N3CCC4(CC3)Cc3ccccc3O4)n3ccnc3c12. The number of para-hydroxylation sites is 1. The molecule has 33 heavy (non-hydrogen) atoms. The molecule has 7 nitrogen and oxygen atoms in total. The highest BCUT2D eigenvalue weighted by Crippen LogP contribution is 2.42. The van der Waals surface area contributed by atoms with Gasteiger partial charge in [0.15, 0.2) is 5.65 Å². The normalized spacial score (nSPS) is 17.1. The number of aryl methyl sites for hydroxylation is 1. The number of pyridine rings is 1. The van der Waals surface area contributed by atoms with Gasteiger partial charge >= 0.3 is 0 Å². The van der Waals surface area contributed by atoms with Gasteiger partial charge in [0.25, 0.3) is 0 Å². The third kappa shape index (κ3) is 2.78. The second-order valence-corrected chi connectivity index (χ2v) is 9.21. The fourth-order valence-corrected chi connectivity index (χ4v) is 5.50. The number of H-pyrrole nitrogens is 1. The van der Waals surface area contributed by atoms with E-state index in [0.29, 0.717) is 0 Å². The minimum Gasteiger partial charge on any atom is -0.487 e. The fraction of sp³-hybridized carbons (Fsp3) is 0.269. The maximum Gasteiger partial charge on any atom is 0.213 e. The Morgan fingerprint density at radius 3 is 2.79 bits per heavy atom. The molecule has 6 heterocycles. The lowest BCUT2D eigenvalue weighted by Gasteiger charge is -2.39. The molecule has 7 rings (SSSR count). The number of hydrogen-bond donors (Lipinski definition) is 1. The van der Waals surface area contributed by atoms with Crippen molar-refractivity contribution in [3.63, 3.8) is 0 Å². The van der Waals surface area contributed by atoms with Crippen LogP contribution in [-0.4, -0.2) is 43.0 Å². The Hall–Kier alpha value is -3.87. The molecule has 7 heteroatoms. The number of aromatic amines is 1. The molecule has 1 N–H and O–H groups in total. The quantitative estimate of drug-likeness (QED) is 0.439. The van der Waals surface area contributed by atoms with Crippen LogP contribution in [0, 0.1) is 6.92 Å². The Morgan fingerprint density at radius 2 is 1.94 bits per heavy atom. The molecule has 2 aliphatic heterocycles. The Labute approximate surface area is 191 Å². The average molecular weight is 437 g/mol. The van der Waals surface area contributed by atoms with Gasteiger partial charge in [0.1, 0.15) is 17.0 Å². The summed E-state index contributed by atoms with van der Waals surface area (Å²) in [5, 5.41) is 1.04. The van der Waals surface area contributed by atoms with Gasteiger partial charge in [-0.25, -0.2) is 4.98 Å². The Balaban J connectivity index is 1.25. The predicted octanol–water partition coefficient (Wildman–Crippen LogP) is 4.56. The summed E-state index contributed by atoms with van der Waals surface area (Å²) < 4.78 is 8.57. The molecule has 2 aliphatic rings. The van der Waals surface area contributed by atoms with E-state index in [4.69, 9.17) is 14.7 Å². The number of anilines is 1. The van der Waals surface area contributed by atoms with E-state index in [0.717, 1.165) is 77.4 Å². The van der Waals surface area contributed by atoms with E-state index in [9.17, 15) is 0 Å². The number of piperidine rings is 1. The lowest BCUT2D eigenvalue weighted by molar-refractivity contribution is 0.0664. The first-order valence-corrected chi connectivity index (χ1v) is 11.5. The van der Waals surface area contributed by atoms with Crippen LogP contribution >= 0.6 is 0 Å². The largest absolute Gasteiger partial charge is 0.487 e. The third-order valence-electron chi connectivity index (χ3n) is 7.23. The van der Waals surface area contributed by atoms with Crippen LogP contribution in [0.4, 0.5) is 5.95 Å². The van der Waals surface area contributed by atoms with Gasteiger partial charge in [0.05, 0.1) is 5.39 Å². The molecule has 0 aliphatic carbocycles. The second-order valence-electron chi connectivity index (χ2n) is 9.21. The zero-order chi connectivity index (χ0) is 22.0. The van der Waals surface area contributed by atoms with Crippen molar-refractivity contribution in [1.29, 1.82) is 0 Å². The lowest BCUT2D eigenvalue weighted by atomic mass is 9.87. The number of ether oxygens (including phenoxy) is 1. The number of benzene rings is 1. The zero-order valence-electron chi connectivity index (χ0n) is 18.5. The molecule has 1 spiro atoms. The fourth-order valence-electron chi connectivity index (χ4n) is 5.50. The van der Waals surface area contributed by atoms with Crippen LogP contribution in [-0.2, 0) is 6.42 Å². The standard InChI is InChI=1S/C26H24N6O/c1-17-15-27-9-6-19(17)20-16-29-23-22(20)24-28-10-13-32(24)25(30-23)31-11-7-26(8-12-31)14-18-4-2-3-5-21(18)33-26/h2-6,9-10,13,15-16,29H,7-8,11-12,14H2,1H3. The van der Waals surface area contributed by atoms with Crippen LogP contribution in [0.1, 0.15) is 24.0 Å². The summed E-state index contributed by atoms with van der Waals surface area (Å²) in [5.74, 6) is 1.98. The predicted molar refractivity (Wildman–Crippen MR) is 128 cm³/mol. The first kappa shape index (κ1) is 18.7. The summed E-state index contributed by atoms with van der Waals surface area (Å²) >= 11 is 0. The number of aromatic nitrogens is 5. The summed E-state index contributed by atoms with van der Waals surface area (Å²) in [6, 6.07) is 10.5. The maximum absolute atomic E-state index is 6.45. The van der Waals surface area contributed by atoms with Crippen molar-refractivity contribution in [3.8, 4) is 16.9 Å². The number of imidazole rings is 1. The van der Waals surface area contributed by atoms with Crippen molar-refractivity contribution in [3.05, 3.63) is 72.4 Å². The van der Waals surface area contributed by atoms with Crippen LogP contribution in [0.2, 0.25) is 0 Å². The molecule has 0 amide bonds. The minimum atomic E-state index is -0.0865. The van der Waals surface area contributed by atoms with Gasteiger partial charge in [-0.15, -0.1) is 0 Å². The molecule has 0 unspecified atom stereocenters. The number of hydrogen-bond acceptors (Lipinski definition) is 5. The molecular formula is C26H24N6O. The van der Waals surface area contributed by atoms with Gasteiger partial charge in [0, 0.05) is 68.9 Å². The zero-order valence-corrected chi connectivity index (χ0v) is 18.5. The van der Waals surface area contributed by atoms with E-state index in [2.05, 4.69) is 56.5 Å². The highest BCUT2D eigenvalue weighted by molar-refractivity contribution is 6.03. The van der Waals surface area contributed by atoms with Crippen molar-refractivity contribution in [1.82, 2.24) is 24.3 Å². The second kappa shape index (κ2) is 6.81. The van der Waals surface area contributed by atoms with Gasteiger partial charge in [0.2, 0.25) is 5.95 Å². The molecule has 0 bridgehead atoms. The Bertz CT molecular complexity index is 1480. The Morgan fingerprint density at radius 1 is 1.06 bits per heavy atom. The molecule has 0 atom stereocenters. The monoisotopic (exact) mass is 436 g/mol. The highest BCUT2D eigenvalue weighted by Gasteiger charge is 2.42. The first-order chi connectivity index (χ1) is 16.2. The lowest BCUT2D eigenvalue weighted by Crippen LogP contribution is -2.48. The summed E-state index contributed by atoms with van der Waals surface area (Å²) in [4.78, 5) is 19.8. The number of fused-ring (bicyclic) bond motifs is 4. The van der Waals surface area contributed by atoms with Crippen LogP contribution in [0.5, 0.6) is 5.75 Å². The summed E-state index contributed by atoms with van der Waals surface area (Å²) in [6.45, 7) is 3.88. The smallest absolute Gasteiger partial charge is 0.213 e. The van der Waals surface area contributed by atoms with Crippen molar-refractivity contribution in [2.24, 2.45) is 0 Å². The van der Waals surface area contributed by atoms with Gasteiger partial charge in [-0.3, -0.25) is 9.38 Å². The average Bonchev–Trinajstić information content (AvgIpc) is 3.55. The van der Waals surface area contributed by atoms with E-state index in [1.54, 1.807) is 0 Å². The van der Waals surface area contributed by atoms with E-state index in [-0.39, 0.29) is 5.60 Å². The molecule has 164 valence electrons. The van der Waals surface area contributed by atoms with Gasteiger partial charge in [-0.2, -0.15) is 4.98 Å². The van der Waals surface area contributed by atoms with E-state index in [1.807, 2.05) is 31.0 Å². The third-order valence-corrected chi connectivity index (χ3v) is 7.23. The first-order valence-electron chi connectivity index (χ1n) is 11.5. The van der Waals surface area contributed by atoms with Crippen molar-refractivity contribution in [2.45, 2.75) is 31.8 Å². The van der Waals surface area contributed by atoms with Crippen LogP contribution in [0.25, 0.3) is 27.8 Å². The van der Waals surface area contributed by atoms with Gasteiger partial charge < -0.3 is 14.6 Å². The molecule has 0 saturated carbocycles. The van der Waals surface area contributed by atoms with Crippen molar-refractivity contribution in [2.75, 3.05) is 18.0 Å². The van der Waals surface area contributed by atoms with E-state index in [1.165, 1.54) is 5.56 Å². The summed E-state index contributed by atoms with van der Waals surface area (Å²) in [6.07, 6.45) is 12.6.